The van der Waals surface area contributed by atoms with E-state index in [1.54, 1.807) is 36.0 Å². The lowest BCUT2D eigenvalue weighted by molar-refractivity contribution is -0.133. The number of piperazine rings is 1. The molecule has 10 rings (SSSR count). The summed E-state index contributed by atoms with van der Waals surface area (Å²) in [4.78, 5) is 113. The molecule has 6 aromatic rings. The van der Waals surface area contributed by atoms with E-state index in [0.717, 1.165) is 63.6 Å². The summed E-state index contributed by atoms with van der Waals surface area (Å²) in [5.41, 5.74) is 16.2. The van der Waals surface area contributed by atoms with Crippen LogP contribution in [0.3, 0.4) is 0 Å². The topological polar surface area (TPSA) is 277 Å². The first kappa shape index (κ1) is 54.2. The molecular formula is C57H67N13O9. The molecule has 3 aliphatic heterocycles. The lowest BCUT2D eigenvalue weighted by Gasteiger charge is -2.49. The molecule has 0 spiro atoms. The van der Waals surface area contributed by atoms with E-state index < -0.39 is 54.4 Å². The number of hydrogen-bond donors (Lipinski definition) is 5. The number of hydrogen-bond acceptors (Lipinski definition) is 14. The van der Waals surface area contributed by atoms with Crippen LogP contribution >= 0.6 is 0 Å². The van der Waals surface area contributed by atoms with Crippen LogP contribution in [0.4, 0.5) is 16.4 Å². The van der Waals surface area contributed by atoms with E-state index in [2.05, 4.69) is 38.4 Å². The van der Waals surface area contributed by atoms with Gasteiger partial charge in [0.05, 0.1) is 36.5 Å². The van der Waals surface area contributed by atoms with Crippen LogP contribution in [0.5, 0.6) is 5.75 Å². The minimum absolute atomic E-state index is 0.00829. The van der Waals surface area contributed by atoms with Gasteiger partial charge < -0.3 is 50.9 Å². The number of rotatable bonds is 17. The number of methoxy groups -OCH3 is 1. The zero-order valence-corrected chi connectivity index (χ0v) is 45.1. The summed E-state index contributed by atoms with van der Waals surface area (Å²) in [6.07, 6.45) is 6.62. The van der Waals surface area contributed by atoms with Gasteiger partial charge in [-0.15, -0.1) is 0 Å². The molecule has 6 heterocycles. The maximum absolute atomic E-state index is 14.5. The number of H-pyrrole nitrogens is 1. The summed E-state index contributed by atoms with van der Waals surface area (Å²) in [5, 5.41) is 6.44. The Balaban J connectivity index is 0.854. The minimum atomic E-state index is -1.30. The first-order valence-corrected chi connectivity index (χ1v) is 26.9. The van der Waals surface area contributed by atoms with Crippen molar-refractivity contribution in [3.8, 4) is 16.9 Å². The van der Waals surface area contributed by atoms with Crippen LogP contribution in [0.2, 0.25) is 0 Å². The third-order valence-corrected chi connectivity index (χ3v) is 15.7. The molecule has 7 amide bonds. The zero-order chi connectivity index (χ0) is 55.9. The number of nitrogens with one attached hydrogen (secondary N) is 3. The monoisotopic (exact) mass is 1080 g/mol. The van der Waals surface area contributed by atoms with Crippen LogP contribution in [0.1, 0.15) is 80.9 Å². The van der Waals surface area contributed by atoms with E-state index in [4.69, 9.17) is 30.9 Å². The molecule has 0 bridgehead atoms. The van der Waals surface area contributed by atoms with Crippen molar-refractivity contribution in [3.63, 3.8) is 0 Å². The van der Waals surface area contributed by atoms with Gasteiger partial charge in [-0.3, -0.25) is 38.6 Å². The Morgan fingerprint density at radius 1 is 0.899 bits per heavy atom. The normalized spacial score (nSPS) is 19.6. The Morgan fingerprint density at radius 3 is 2.35 bits per heavy atom. The van der Waals surface area contributed by atoms with Crippen LogP contribution in [0.25, 0.3) is 32.9 Å². The van der Waals surface area contributed by atoms with E-state index in [-0.39, 0.29) is 60.9 Å². The smallest absolute Gasteiger partial charge is 0.332 e. The number of urea groups is 1. The Hall–Kier alpha value is -8.21. The van der Waals surface area contributed by atoms with Gasteiger partial charge in [0.1, 0.15) is 29.6 Å². The number of nitrogens with two attached hydrogens (primary N) is 2. The second-order valence-corrected chi connectivity index (χ2v) is 21.1. The van der Waals surface area contributed by atoms with Crippen molar-refractivity contribution in [2.45, 2.75) is 95.2 Å². The molecular weight excluding hydrogens is 1010 g/mol. The first-order chi connectivity index (χ1) is 38.0. The molecule has 22 nitrogen and oxygen atoms in total. The predicted octanol–water partition coefficient (Wildman–Crippen LogP) is 3.68. The van der Waals surface area contributed by atoms with E-state index in [1.807, 2.05) is 66.6 Å². The van der Waals surface area contributed by atoms with Gasteiger partial charge in [0.2, 0.25) is 29.6 Å². The molecule has 4 fully saturated rings. The second-order valence-electron chi connectivity index (χ2n) is 21.1. The van der Waals surface area contributed by atoms with Gasteiger partial charge >= 0.3 is 6.03 Å². The average molecular weight is 1080 g/mol. The lowest BCUT2D eigenvalue weighted by atomic mass is 9.86. The van der Waals surface area contributed by atoms with Crippen LogP contribution < -0.4 is 42.2 Å². The fraction of sp³-hybridized carbons (Fsp3) is 0.421. The Kier molecular flexibility index (Phi) is 15.3. The summed E-state index contributed by atoms with van der Waals surface area (Å²) in [6, 6.07) is 21.0. The van der Waals surface area contributed by atoms with Crippen molar-refractivity contribution in [2.24, 2.45) is 18.5 Å². The number of ether oxygens (including phenoxy) is 2. The molecule has 1 saturated carbocycles. The van der Waals surface area contributed by atoms with Crippen molar-refractivity contribution in [1.29, 1.82) is 0 Å². The Bertz CT molecular complexity index is 3390. The third kappa shape index (κ3) is 10.7. The van der Waals surface area contributed by atoms with Gasteiger partial charge in [0.15, 0.2) is 0 Å². The fourth-order valence-electron chi connectivity index (χ4n) is 11.5. The lowest BCUT2D eigenvalue weighted by Crippen LogP contribution is -2.61. The summed E-state index contributed by atoms with van der Waals surface area (Å²) in [6.45, 7) is 7.41. The average Bonchev–Trinajstić information content (AvgIpc) is 4.27. The summed E-state index contributed by atoms with van der Waals surface area (Å²) in [5.74, 6) is -2.09. The van der Waals surface area contributed by atoms with Crippen LogP contribution in [-0.4, -0.2) is 153 Å². The zero-order valence-electron chi connectivity index (χ0n) is 45.1. The van der Waals surface area contributed by atoms with E-state index in [1.165, 1.54) is 18.9 Å². The number of nitrogens with zero attached hydrogens (tertiary/aromatic N) is 8. The molecule has 22 heteroatoms. The number of amides is 7. The molecule has 4 aliphatic rings. The molecule has 4 atom stereocenters. The van der Waals surface area contributed by atoms with Gasteiger partial charge in [0.25, 0.3) is 11.5 Å². The number of anilines is 2. The highest BCUT2D eigenvalue weighted by atomic mass is 16.5. The van der Waals surface area contributed by atoms with Gasteiger partial charge in [-0.25, -0.2) is 19.7 Å². The number of fused-ring (bicyclic) bond motifs is 2. The highest BCUT2D eigenvalue weighted by molar-refractivity contribution is 6.07. The molecule has 3 saturated heterocycles. The third-order valence-electron chi connectivity index (χ3n) is 15.7. The number of piperidine rings is 1. The van der Waals surface area contributed by atoms with Gasteiger partial charge in [-0.1, -0.05) is 36.4 Å². The van der Waals surface area contributed by atoms with Crippen molar-refractivity contribution >= 4 is 69.0 Å². The maximum atomic E-state index is 14.5. The Morgan fingerprint density at radius 2 is 1.66 bits per heavy atom. The van der Waals surface area contributed by atoms with E-state index >= 15 is 0 Å². The number of pyridine rings is 1. The fourth-order valence-corrected chi connectivity index (χ4v) is 11.5. The number of aromatic amines is 1. The molecule has 79 heavy (non-hydrogen) atoms. The number of imide groups is 1. The van der Waals surface area contributed by atoms with E-state index in [9.17, 15) is 33.6 Å². The second kappa shape index (κ2) is 22.3. The van der Waals surface area contributed by atoms with Crippen LogP contribution in [0.15, 0.2) is 90.0 Å². The van der Waals surface area contributed by atoms with Crippen LogP contribution in [0, 0.1) is 0 Å². The number of carbonyl (C=O) groups excluding carboxylic acids is 6. The van der Waals surface area contributed by atoms with Crippen LogP contribution in [-0.2, 0) is 36.6 Å². The minimum Gasteiger partial charge on any atom is -0.495 e. The Labute approximate surface area is 456 Å². The van der Waals surface area contributed by atoms with Gasteiger partial charge in [0, 0.05) is 112 Å². The SMILES string of the molecule is COc1ccc(C(=O)N2C[C@H](C)N(C3CCN(c4nc([C@@](CN)(OC5CC5)c5ccccc5)c5cc(-c6cn(C)c(=O)c7[nH]ccc67)ccc5n4)CC3)C[C@H]2C)cc1N1CCC(=O)N(CNC(=O)[C@H](CC(N)=O)NC(C)=O)C1=O. The molecule has 0 unspecified atom stereocenters. The van der Waals surface area contributed by atoms with Crippen molar-refractivity contribution in [3.05, 3.63) is 112 Å². The molecule has 0 radical (unpaired) electrons. The molecule has 414 valence electrons. The summed E-state index contributed by atoms with van der Waals surface area (Å²) in [7, 11) is 3.19. The number of aromatic nitrogens is 4. The van der Waals surface area contributed by atoms with Crippen molar-refractivity contribution in [2.75, 3.05) is 62.8 Å². The quantitative estimate of drug-likeness (QED) is 0.0872. The maximum Gasteiger partial charge on any atom is 0.332 e. The number of primary amides is 1. The first-order valence-electron chi connectivity index (χ1n) is 26.9. The molecule has 7 N–H and O–H groups in total. The molecule has 3 aromatic heterocycles. The highest BCUT2D eigenvalue weighted by Gasteiger charge is 2.44. The van der Waals surface area contributed by atoms with E-state index in [0.29, 0.717) is 54.7 Å². The van der Waals surface area contributed by atoms with Gasteiger partial charge in [-0.05, 0) is 87.1 Å². The largest absolute Gasteiger partial charge is 0.495 e. The predicted molar refractivity (Wildman–Crippen MR) is 296 cm³/mol. The molecule has 3 aromatic carbocycles. The number of benzene rings is 3. The standard InChI is InChI=1S/C57H67N13O9/c1-33-29-69(53(75)37-12-16-47(78-5)46(26-37)67-24-20-49(73)70(56(67)77)32-61-52(74)45(27-48(59)72)62-35(3)71)34(2)28-68(33)39-18-22-66(23-19-39)55-63-44-15-11-36(43-30-65(4)54(76)50-41(43)17-21-60-50)25-42(44)51(64-55)57(31-58,79-40-13-14-40)38-9-7-6-8-10-38/h6-12,15-17,21,25-26,30,33-34,39-40,45,60H,13-14,18-20,22-24,27-29,31-32,58H2,1-5H3,(H2,59,72)(H,61,74)(H,62,71)/t33-,34+,45-,57-/m0/s1. The summed E-state index contributed by atoms with van der Waals surface area (Å²) >= 11 is 0. The van der Waals surface area contributed by atoms with Crippen molar-refractivity contribution in [1.82, 2.24) is 44.9 Å². The number of carbonyl (C=O) groups is 6. The van der Waals surface area contributed by atoms with Crippen molar-refractivity contribution < 1.29 is 38.2 Å². The molecule has 1 aliphatic carbocycles. The number of aryl methyl sites for hydroxylation is 1. The highest BCUT2D eigenvalue weighted by Crippen LogP contribution is 2.43. The summed E-state index contributed by atoms with van der Waals surface area (Å²) < 4.78 is 14.3. The van der Waals surface area contributed by atoms with Gasteiger partial charge in [-0.2, -0.15) is 0 Å².